The van der Waals surface area contributed by atoms with Gasteiger partial charge in [0.25, 0.3) is 0 Å². The molecule has 6 rings (SSSR count). The predicted molar refractivity (Wildman–Crippen MR) is 121 cm³/mol. The van der Waals surface area contributed by atoms with Crippen LogP contribution in [0, 0.1) is 5.82 Å². The molecule has 9 heteroatoms. The van der Waals surface area contributed by atoms with E-state index in [1.54, 1.807) is 29.5 Å². The van der Waals surface area contributed by atoms with Gasteiger partial charge in [-0.05, 0) is 37.3 Å². The van der Waals surface area contributed by atoms with Crippen molar-refractivity contribution in [2.24, 2.45) is 0 Å². The van der Waals surface area contributed by atoms with E-state index in [0.717, 1.165) is 35.3 Å². The van der Waals surface area contributed by atoms with Crippen molar-refractivity contribution < 1.29 is 9.18 Å². The Kier molecular flexibility index (Phi) is 4.76. The lowest BCUT2D eigenvalue weighted by Crippen LogP contribution is -2.02. The van der Waals surface area contributed by atoms with Gasteiger partial charge < -0.3 is 8.80 Å². The van der Waals surface area contributed by atoms with E-state index in [2.05, 4.69) is 15.1 Å². The average Bonchev–Trinajstić information content (AvgIpc) is 3.21. The lowest BCUT2D eigenvalue weighted by atomic mass is 10.1. The summed E-state index contributed by atoms with van der Waals surface area (Å²) < 4.78 is 19.7. The summed E-state index contributed by atoms with van der Waals surface area (Å²) in [5.41, 5.74) is 4.36. The number of nitrogens with zero attached hydrogens (tertiary/aromatic N) is 6. The summed E-state index contributed by atoms with van der Waals surface area (Å²) in [5.74, 6) is 0.134. The summed E-state index contributed by atoms with van der Waals surface area (Å²) in [5, 5.41) is 4.95. The van der Waals surface area contributed by atoms with Gasteiger partial charge in [-0.2, -0.15) is 5.10 Å². The van der Waals surface area contributed by atoms with Crippen molar-refractivity contribution >= 4 is 28.5 Å². The molecule has 5 aromatic heterocycles. The van der Waals surface area contributed by atoms with Crippen LogP contribution in [0.1, 0.15) is 52.5 Å². The number of halogens is 2. The molecule has 0 N–H and O–H groups in total. The lowest BCUT2D eigenvalue weighted by molar-refractivity contribution is 0.0982. The molecule has 0 unspecified atom stereocenters. The van der Waals surface area contributed by atoms with Crippen LogP contribution in [-0.4, -0.2) is 34.3 Å². The maximum atomic E-state index is 14.3. The summed E-state index contributed by atoms with van der Waals surface area (Å²) in [7, 11) is 0. The van der Waals surface area contributed by atoms with Gasteiger partial charge in [-0.1, -0.05) is 11.6 Å². The molecule has 7 nitrogen and oxygen atoms in total. The van der Waals surface area contributed by atoms with Gasteiger partial charge in [-0.3, -0.25) is 9.48 Å². The Bertz CT molecular complexity index is 1510. The fourth-order valence-electron chi connectivity index (χ4n) is 4.19. The molecular formula is C24H20ClFN6O. The molecule has 1 aliphatic rings. The third-order valence-corrected chi connectivity index (χ3v) is 6.32. The van der Waals surface area contributed by atoms with Crippen molar-refractivity contribution in [2.75, 3.05) is 0 Å². The molecular weight excluding hydrogens is 443 g/mol. The van der Waals surface area contributed by atoms with E-state index in [1.165, 1.54) is 6.07 Å². The molecule has 1 saturated carbocycles. The summed E-state index contributed by atoms with van der Waals surface area (Å²) in [6, 6.07) is 5.13. The van der Waals surface area contributed by atoms with Crippen LogP contribution in [0.2, 0.25) is 5.02 Å². The van der Waals surface area contributed by atoms with E-state index in [1.807, 2.05) is 33.5 Å². The van der Waals surface area contributed by atoms with Gasteiger partial charge in [0.2, 0.25) is 0 Å². The first-order valence-corrected chi connectivity index (χ1v) is 11.2. The number of fused-ring (bicyclic) bond motifs is 2. The number of pyridine rings is 2. The summed E-state index contributed by atoms with van der Waals surface area (Å²) in [4.78, 5) is 21.6. The highest BCUT2D eigenvalue weighted by Crippen LogP contribution is 2.41. The molecule has 0 atom stereocenters. The van der Waals surface area contributed by atoms with Gasteiger partial charge in [0.05, 0.1) is 41.5 Å². The molecule has 1 aliphatic carbocycles. The van der Waals surface area contributed by atoms with E-state index in [4.69, 9.17) is 11.6 Å². The van der Waals surface area contributed by atoms with Crippen molar-refractivity contribution in [3.8, 4) is 0 Å². The molecule has 0 aliphatic heterocycles. The highest BCUT2D eigenvalue weighted by Gasteiger charge is 2.27. The van der Waals surface area contributed by atoms with Crippen LogP contribution in [0.5, 0.6) is 0 Å². The molecule has 33 heavy (non-hydrogen) atoms. The highest BCUT2D eigenvalue weighted by atomic mass is 35.5. The molecule has 5 heterocycles. The minimum atomic E-state index is -0.193. The summed E-state index contributed by atoms with van der Waals surface area (Å²) in [6.07, 6.45) is 13.5. The zero-order chi connectivity index (χ0) is 22.5. The molecule has 0 saturated heterocycles. The number of carbonyl (C=O) groups excluding carboxylic acids is 1. The lowest BCUT2D eigenvalue weighted by Gasteiger charge is -2.01. The Hall–Kier alpha value is -3.52. The zero-order valence-electron chi connectivity index (χ0n) is 17.7. The molecule has 0 amide bonds. The molecule has 0 radical (unpaired) electrons. The Balaban J connectivity index is 1.14. The second-order valence-electron chi connectivity index (χ2n) is 8.53. The van der Waals surface area contributed by atoms with E-state index >= 15 is 0 Å². The normalized spacial score (nSPS) is 13.9. The maximum absolute atomic E-state index is 14.3. The van der Waals surface area contributed by atoms with Crippen molar-refractivity contribution in [1.82, 2.24) is 28.5 Å². The zero-order valence-corrected chi connectivity index (χ0v) is 18.4. The monoisotopic (exact) mass is 462 g/mol. The van der Waals surface area contributed by atoms with Gasteiger partial charge in [0.15, 0.2) is 5.78 Å². The molecule has 0 bridgehead atoms. The molecule has 5 aromatic rings. The van der Waals surface area contributed by atoms with Crippen LogP contribution in [0.4, 0.5) is 4.39 Å². The van der Waals surface area contributed by atoms with Crippen LogP contribution < -0.4 is 0 Å². The van der Waals surface area contributed by atoms with E-state index < -0.39 is 0 Å². The molecule has 0 spiro atoms. The van der Waals surface area contributed by atoms with Gasteiger partial charge in [0.1, 0.15) is 11.5 Å². The second-order valence-corrected chi connectivity index (χ2v) is 8.96. The minimum Gasteiger partial charge on any atom is -0.306 e. The topological polar surface area (TPSA) is 69.5 Å². The second kappa shape index (κ2) is 7.81. The first kappa shape index (κ1) is 20.1. The van der Waals surface area contributed by atoms with Crippen molar-refractivity contribution in [3.05, 3.63) is 88.9 Å². The number of ketones is 1. The number of aryl methyl sites for hydroxylation is 1. The average molecular weight is 463 g/mol. The third-order valence-electron chi connectivity index (χ3n) is 6.09. The first-order valence-electron chi connectivity index (χ1n) is 10.9. The van der Waals surface area contributed by atoms with Crippen molar-refractivity contribution in [1.29, 1.82) is 0 Å². The van der Waals surface area contributed by atoms with Crippen molar-refractivity contribution in [3.63, 3.8) is 0 Å². The van der Waals surface area contributed by atoms with Crippen LogP contribution >= 0.6 is 11.6 Å². The van der Waals surface area contributed by atoms with Gasteiger partial charge in [0, 0.05) is 47.9 Å². The standard InChI is InChI=1S/C24H20ClFN6O/c25-17-5-6-30-14-27-21(22(30)7-17)3-4-23(33)16-9-28-32(10-16)12-18-11-31-13-19(15-1-2-15)20(26)8-24(31)29-18/h5-11,13-15H,1-4,12H2. The molecule has 166 valence electrons. The number of rotatable bonds is 7. The highest BCUT2D eigenvalue weighted by molar-refractivity contribution is 6.30. The fourth-order valence-corrected chi connectivity index (χ4v) is 4.35. The van der Waals surface area contributed by atoms with Crippen LogP contribution in [-0.2, 0) is 13.0 Å². The molecule has 0 aromatic carbocycles. The number of hydrogen-bond donors (Lipinski definition) is 0. The summed E-state index contributed by atoms with van der Waals surface area (Å²) >= 11 is 6.09. The van der Waals surface area contributed by atoms with Gasteiger partial charge in [-0.15, -0.1) is 0 Å². The Morgan fingerprint density at radius 3 is 2.91 bits per heavy atom. The Morgan fingerprint density at radius 1 is 1.18 bits per heavy atom. The first-order chi connectivity index (χ1) is 16.0. The quantitative estimate of drug-likeness (QED) is 0.328. The number of hydrogen-bond acceptors (Lipinski definition) is 4. The smallest absolute Gasteiger partial charge is 0.166 e. The van der Waals surface area contributed by atoms with Crippen molar-refractivity contribution in [2.45, 2.75) is 38.1 Å². The van der Waals surface area contributed by atoms with E-state index in [0.29, 0.717) is 41.5 Å². The van der Waals surface area contributed by atoms with E-state index in [9.17, 15) is 9.18 Å². The number of aromatic nitrogens is 6. The van der Waals surface area contributed by atoms with Gasteiger partial charge >= 0.3 is 0 Å². The SMILES string of the molecule is O=C(CCc1ncn2ccc(Cl)cc12)c1cnn(Cc2cn3cc(C4CC4)c(F)cc3n2)c1. The van der Waals surface area contributed by atoms with E-state index in [-0.39, 0.29) is 11.6 Å². The molecule has 1 fully saturated rings. The number of carbonyl (C=O) groups is 1. The largest absolute Gasteiger partial charge is 0.306 e. The third kappa shape index (κ3) is 3.91. The number of imidazole rings is 2. The van der Waals surface area contributed by atoms with Gasteiger partial charge in [-0.25, -0.2) is 14.4 Å². The minimum absolute atomic E-state index is 0.00410. The Morgan fingerprint density at radius 2 is 2.06 bits per heavy atom. The fraction of sp³-hybridized carbons (Fsp3) is 0.250. The van der Waals surface area contributed by atoms with Crippen LogP contribution in [0.3, 0.4) is 0 Å². The predicted octanol–water partition coefficient (Wildman–Crippen LogP) is 4.71. The summed E-state index contributed by atoms with van der Waals surface area (Å²) in [6.45, 7) is 0.402. The Labute approximate surface area is 193 Å². The van der Waals surface area contributed by atoms with Crippen LogP contribution in [0.15, 0.2) is 55.5 Å². The van der Waals surface area contributed by atoms with Crippen LogP contribution in [0.25, 0.3) is 11.2 Å². The number of Topliss-reactive ketones (excluding diaryl/α,β-unsaturated/α-hetero) is 1. The maximum Gasteiger partial charge on any atom is 0.166 e.